The summed E-state index contributed by atoms with van der Waals surface area (Å²) < 4.78 is 36.6. The summed E-state index contributed by atoms with van der Waals surface area (Å²) in [5, 5.41) is 7.37. The molecule has 0 spiro atoms. The number of nitrogens with one attached hydrogen (secondary N) is 1. The summed E-state index contributed by atoms with van der Waals surface area (Å²) in [4.78, 5) is 30.1. The van der Waals surface area contributed by atoms with E-state index < -0.39 is 34.4 Å². The van der Waals surface area contributed by atoms with Crippen molar-refractivity contribution in [2.24, 2.45) is 0 Å². The van der Waals surface area contributed by atoms with E-state index in [1.807, 2.05) is 0 Å². The van der Waals surface area contributed by atoms with Gasteiger partial charge < -0.3 is 10.2 Å². The van der Waals surface area contributed by atoms with Crippen LogP contribution >= 0.6 is 0 Å². The molecule has 2 aliphatic heterocycles. The molecule has 13 heteroatoms. The molecule has 3 heterocycles. The molecule has 0 saturated carbocycles. The quantitative estimate of drug-likeness (QED) is 0.667. The third kappa shape index (κ3) is 3.54. The highest BCUT2D eigenvalue weighted by Gasteiger charge is 2.49. The fraction of sp³-hybridized carbons (Fsp3) is 0.333. The van der Waals surface area contributed by atoms with Crippen LogP contribution in [-0.4, -0.2) is 68.3 Å². The smallest absolute Gasteiger partial charge is 0.324 e. The fourth-order valence-corrected chi connectivity index (χ4v) is 3.76. The number of hydroxylamine groups is 2. The molecule has 2 N–H and O–H groups in total. The maximum atomic E-state index is 12.6. The molecule has 2 bridgehead atoms. The highest BCUT2D eigenvalue weighted by molar-refractivity contribution is 7.80. The van der Waals surface area contributed by atoms with Crippen LogP contribution in [0.2, 0.25) is 0 Å². The summed E-state index contributed by atoms with van der Waals surface area (Å²) in [6, 6.07) is 4.81. The Morgan fingerprint density at radius 1 is 1.25 bits per heavy atom. The molecule has 2 aliphatic rings. The van der Waals surface area contributed by atoms with Gasteiger partial charge in [0.15, 0.2) is 0 Å². The van der Waals surface area contributed by atoms with Crippen LogP contribution in [0.3, 0.4) is 0 Å². The van der Waals surface area contributed by atoms with E-state index in [1.165, 1.54) is 11.2 Å². The third-order valence-corrected chi connectivity index (χ3v) is 4.97. The first-order chi connectivity index (χ1) is 13.3. The fourth-order valence-electron chi connectivity index (χ4n) is 3.37. The van der Waals surface area contributed by atoms with E-state index in [4.69, 9.17) is 4.55 Å². The number of nitrogens with zero attached hydrogens (tertiary/aromatic N) is 5. The summed E-state index contributed by atoms with van der Waals surface area (Å²) in [6.07, 6.45) is 3.66. The number of anilines is 1. The molecule has 2 atom stereocenters. The zero-order valence-electron chi connectivity index (χ0n) is 14.4. The Bertz CT molecular complexity index is 993. The van der Waals surface area contributed by atoms with Crippen molar-refractivity contribution >= 4 is 28.0 Å². The lowest BCUT2D eigenvalue weighted by atomic mass is 10.0. The van der Waals surface area contributed by atoms with Crippen molar-refractivity contribution in [3.05, 3.63) is 36.9 Å². The SMILES string of the molecule is O=C(Nc1ccc(-n2cncn2)cc1)[C@@H]1CC[C@H]2CN1C(=O)N2OS(=O)(=O)O. The monoisotopic (exact) mass is 408 g/mol. The Morgan fingerprint density at radius 2 is 2.00 bits per heavy atom. The van der Waals surface area contributed by atoms with E-state index in [9.17, 15) is 18.0 Å². The minimum absolute atomic E-state index is 0.137. The lowest BCUT2D eigenvalue weighted by Crippen LogP contribution is -2.47. The Balaban J connectivity index is 1.44. The molecule has 3 amide bonds. The molecule has 28 heavy (non-hydrogen) atoms. The standard InChI is InChI=1S/C15H16N6O6S/c22-14(18-10-1-3-11(4-2-10)20-9-16-8-17-20)13-6-5-12-7-19(13)15(23)21(12)27-28(24,25)26/h1-4,8-9,12-13H,5-7H2,(H,18,22)(H,24,25,26)/t12-,13-/m0/s1. The second kappa shape index (κ2) is 6.85. The van der Waals surface area contributed by atoms with Crippen LogP contribution in [0.4, 0.5) is 10.5 Å². The van der Waals surface area contributed by atoms with E-state index in [0.29, 0.717) is 23.6 Å². The van der Waals surface area contributed by atoms with Crippen LogP contribution in [0.1, 0.15) is 12.8 Å². The predicted octanol–water partition coefficient (Wildman–Crippen LogP) is 0.209. The number of hydrogen-bond acceptors (Lipinski definition) is 7. The van der Waals surface area contributed by atoms with Gasteiger partial charge in [-0.1, -0.05) is 0 Å². The number of hydrogen-bond donors (Lipinski definition) is 2. The minimum atomic E-state index is -4.82. The van der Waals surface area contributed by atoms with Crippen molar-refractivity contribution in [2.75, 3.05) is 11.9 Å². The summed E-state index contributed by atoms with van der Waals surface area (Å²) in [6.45, 7) is 0.137. The number of carbonyl (C=O) groups is 2. The van der Waals surface area contributed by atoms with E-state index in [2.05, 4.69) is 19.7 Å². The third-order valence-electron chi connectivity index (χ3n) is 4.62. The molecule has 2 saturated heterocycles. The molecule has 12 nitrogen and oxygen atoms in total. The van der Waals surface area contributed by atoms with E-state index in [-0.39, 0.29) is 6.54 Å². The first-order valence-electron chi connectivity index (χ1n) is 8.34. The topological polar surface area (TPSA) is 147 Å². The van der Waals surface area contributed by atoms with Crippen LogP contribution in [0.5, 0.6) is 0 Å². The molecule has 0 radical (unpaired) electrons. The van der Waals surface area contributed by atoms with Gasteiger partial charge in [-0.15, -0.1) is 4.28 Å². The second-order valence-electron chi connectivity index (χ2n) is 6.39. The van der Waals surface area contributed by atoms with Crippen LogP contribution in [0, 0.1) is 0 Å². The van der Waals surface area contributed by atoms with Crippen molar-refractivity contribution in [1.82, 2.24) is 24.7 Å². The molecule has 148 valence electrons. The minimum Gasteiger partial charge on any atom is -0.324 e. The van der Waals surface area contributed by atoms with Gasteiger partial charge in [-0.05, 0) is 37.1 Å². The molecule has 2 aromatic rings. The Labute approximate surface area is 159 Å². The van der Waals surface area contributed by atoms with Gasteiger partial charge >= 0.3 is 16.4 Å². The van der Waals surface area contributed by atoms with E-state index in [1.54, 1.807) is 35.3 Å². The lowest BCUT2D eigenvalue weighted by molar-refractivity contribution is -0.120. The first-order valence-corrected chi connectivity index (χ1v) is 9.71. The van der Waals surface area contributed by atoms with Gasteiger partial charge in [0, 0.05) is 12.2 Å². The second-order valence-corrected chi connectivity index (χ2v) is 7.39. The van der Waals surface area contributed by atoms with Crippen molar-refractivity contribution in [2.45, 2.75) is 24.9 Å². The van der Waals surface area contributed by atoms with Crippen molar-refractivity contribution < 1.29 is 26.8 Å². The van der Waals surface area contributed by atoms with Crippen LogP contribution in [0.25, 0.3) is 5.69 Å². The van der Waals surface area contributed by atoms with Gasteiger partial charge in [0.1, 0.15) is 18.7 Å². The zero-order valence-corrected chi connectivity index (χ0v) is 15.2. The summed E-state index contributed by atoms with van der Waals surface area (Å²) in [7, 11) is -4.82. The first kappa shape index (κ1) is 18.3. The number of benzene rings is 1. The number of aromatic nitrogens is 3. The van der Waals surface area contributed by atoms with E-state index in [0.717, 1.165) is 5.69 Å². The highest BCUT2D eigenvalue weighted by Crippen LogP contribution is 2.31. The number of fused-ring (bicyclic) bond motifs is 2. The Morgan fingerprint density at radius 3 is 2.64 bits per heavy atom. The van der Waals surface area contributed by atoms with Crippen molar-refractivity contribution in [3.8, 4) is 5.69 Å². The zero-order chi connectivity index (χ0) is 19.9. The maximum Gasteiger partial charge on any atom is 0.418 e. The van der Waals surface area contributed by atoms with Gasteiger partial charge in [0.05, 0.1) is 11.7 Å². The number of rotatable bonds is 5. The van der Waals surface area contributed by atoms with Crippen LogP contribution in [0.15, 0.2) is 36.9 Å². The average molecular weight is 408 g/mol. The Kier molecular flexibility index (Phi) is 4.49. The summed E-state index contributed by atoms with van der Waals surface area (Å²) >= 11 is 0. The molecule has 0 unspecified atom stereocenters. The average Bonchev–Trinajstić information content (AvgIpc) is 3.26. The molecule has 1 aromatic heterocycles. The predicted molar refractivity (Wildman–Crippen MR) is 93.4 cm³/mol. The lowest BCUT2D eigenvalue weighted by Gasteiger charge is -2.29. The number of piperidine rings is 1. The molecule has 0 aliphatic carbocycles. The molecular weight excluding hydrogens is 392 g/mol. The van der Waals surface area contributed by atoms with Crippen LogP contribution < -0.4 is 5.32 Å². The van der Waals surface area contributed by atoms with Crippen molar-refractivity contribution in [3.63, 3.8) is 0 Å². The van der Waals surface area contributed by atoms with Crippen molar-refractivity contribution in [1.29, 1.82) is 0 Å². The normalized spacial score (nSPS) is 21.8. The Hall–Kier alpha value is -3.03. The molecular formula is C15H16N6O6S. The number of carbonyl (C=O) groups excluding carboxylic acids is 2. The molecule has 1 aromatic carbocycles. The molecule has 2 fully saturated rings. The van der Waals surface area contributed by atoms with E-state index >= 15 is 0 Å². The summed E-state index contributed by atoms with van der Waals surface area (Å²) in [5.41, 5.74) is 1.30. The molecule has 4 rings (SSSR count). The maximum absolute atomic E-state index is 12.6. The number of urea groups is 1. The highest BCUT2D eigenvalue weighted by atomic mass is 32.3. The van der Waals surface area contributed by atoms with Crippen LogP contribution in [-0.2, 0) is 19.5 Å². The van der Waals surface area contributed by atoms with Gasteiger partial charge in [-0.2, -0.15) is 18.6 Å². The number of amides is 3. The van der Waals surface area contributed by atoms with Gasteiger partial charge in [0.2, 0.25) is 5.91 Å². The van der Waals surface area contributed by atoms with Gasteiger partial charge in [-0.3, -0.25) is 9.35 Å². The summed E-state index contributed by atoms with van der Waals surface area (Å²) in [5.74, 6) is -0.394. The van der Waals surface area contributed by atoms with Gasteiger partial charge in [-0.25, -0.2) is 14.5 Å². The largest absolute Gasteiger partial charge is 0.418 e. The van der Waals surface area contributed by atoms with Gasteiger partial charge in [0.25, 0.3) is 0 Å².